The molecule has 0 aliphatic carbocycles. The van der Waals surface area contributed by atoms with E-state index < -0.39 is 9.85 Å². The standard InChI is InChI=1S/C8H3IN2O4/c9-2-1-6-3-7(10(12)13)5-8(4-6)11(14)15/h3-5H. The summed E-state index contributed by atoms with van der Waals surface area (Å²) in [7, 11) is 0. The third-order valence-electron chi connectivity index (χ3n) is 1.52. The van der Waals surface area contributed by atoms with Gasteiger partial charge in [-0.3, -0.25) is 20.2 Å². The lowest BCUT2D eigenvalue weighted by atomic mass is 10.2. The van der Waals surface area contributed by atoms with Crippen molar-refractivity contribution in [2.24, 2.45) is 0 Å². The van der Waals surface area contributed by atoms with Crippen LogP contribution in [-0.4, -0.2) is 9.85 Å². The Kier molecular flexibility index (Phi) is 3.56. The number of halogens is 1. The van der Waals surface area contributed by atoms with Crippen LogP contribution in [0, 0.1) is 30.1 Å². The van der Waals surface area contributed by atoms with E-state index in [0.29, 0.717) is 0 Å². The monoisotopic (exact) mass is 318 g/mol. The van der Waals surface area contributed by atoms with Crippen LogP contribution in [0.5, 0.6) is 0 Å². The Hall–Kier alpha value is -1.69. The maximum atomic E-state index is 10.5. The second kappa shape index (κ2) is 4.70. The molecule has 0 saturated heterocycles. The first-order chi connectivity index (χ1) is 7.04. The fraction of sp³-hybridized carbons (Fsp3) is 0. The summed E-state index contributed by atoms with van der Waals surface area (Å²) >= 11 is 1.75. The number of hydrogen-bond acceptors (Lipinski definition) is 4. The van der Waals surface area contributed by atoms with Crippen LogP contribution in [0.2, 0.25) is 0 Å². The van der Waals surface area contributed by atoms with Crippen molar-refractivity contribution in [1.29, 1.82) is 0 Å². The van der Waals surface area contributed by atoms with E-state index in [-0.39, 0.29) is 16.9 Å². The Balaban J connectivity index is 3.36. The Morgan fingerprint density at radius 1 is 1.07 bits per heavy atom. The Labute approximate surface area is 97.7 Å². The summed E-state index contributed by atoms with van der Waals surface area (Å²) < 4.78 is 2.49. The molecule has 1 aromatic rings. The number of benzene rings is 1. The predicted octanol–water partition coefficient (Wildman–Crippen LogP) is 2.25. The molecule has 0 bridgehead atoms. The quantitative estimate of drug-likeness (QED) is 0.362. The van der Waals surface area contributed by atoms with Gasteiger partial charge in [0.05, 0.1) is 15.9 Å². The van der Waals surface area contributed by atoms with Gasteiger partial charge < -0.3 is 0 Å². The maximum absolute atomic E-state index is 10.5. The maximum Gasteiger partial charge on any atom is 0.277 e. The Morgan fingerprint density at radius 3 is 1.87 bits per heavy atom. The van der Waals surface area contributed by atoms with Crippen molar-refractivity contribution < 1.29 is 9.85 Å². The molecule has 1 aromatic carbocycles. The Morgan fingerprint density at radius 2 is 1.53 bits per heavy atom. The number of non-ortho nitro benzene ring substituents is 2. The summed E-state index contributed by atoms with van der Waals surface area (Å²) in [6, 6.07) is 3.29. The average Bonchev–Trinajstić information content (AvgIpc) is 2.17. The van der Waals surface area contributed by atoms with E-state index in [4.69, 9.17) is 0 Å². The van der Waals surface area contributed by atoms with Crippen LogP contribution < -0.4 is 0 Å². The highest BCUT2D eigenvalue weighted by Gasteiger charge is 2.15. The summed E-state index contributed by atoms with van der Waals surface area (Å²) in [5.41, 5.74) is -0.415. The molecule has 0 N–H and O–H groups in total. The third kappa shape index (κ3) is 2.88. The SMILES string of the molecule is O=[N+]([O-])c1cc(C#CI)cc([N+](=O)[O-])c1. The second-order valence-electron chi connectivity index (χ2n) is 2.47. The minimum absolute atomic E-state index is 0.255. The normalized spacial score (nSPS) is 8.87. The lowest BCUT2D eigenvalue weighted by molar-refractivity contribution is -0.394. The zero-order chi connectivity index (χ0) is 11.4. The van der Waals surface area contributed by atoms with Crippen molar-refractivity contribution >= 4 is 34.0 Å². The summed E-state index contributed by atoms with van der Waals surface area (Å²) in [4.78, 5) is 19.6. The fourth-order valence-electron chi connectivity index (χ4n) is 0.933. The number of rotatable bonds is 2. The molecule has 0 aromatic heterocycles. The number of nitro benzene ring substituents is 2. The molecular weight excluding hydrogens is 315 g/mol. The second-order valence-corrected chi connectivity index (χ2v) is 3.01. The van der Waals surface area contributed by atoms with Crippen LogP contribution in [-0.2, 0) is 0 Å². The number of hydrogen-bond donors (Lipinski definition) is 0. The molecule has 0 unspecified atom stereocenters. The minimum Gasteiger partial charge on any atom is -0.258 e. The molecule has 0 saturated carbocycles. The van der Waals surface area contributed by atoms with Crippen molar-refractivity contribution in [1.82, 2.24) is 0 Å². The zero-order valence-corrected chi connectivity index (χ0v) is 9.29. The smallest absolute Gasteiger partial charge is 0.258 e. The largest absolute Gasteiger partial charge is 0.277 e. The highest BCUT2D eigenvalue weighted by atomic mass is 127. The lowest BCUT2D eigenvalue weighted by Crippen LogP contribution is -1.93. The summed E-state index contributed by atoms with van der Waals surface area (Å²) in [5.74, 6) is 2.53. The molecule has 0 atom stereocenters. The van der Waals surface area contributed by atoms with Crippen molar-refractivity contribution in [3.05, 3.63) is 44.0 Å². The topological polar surface area (TPSA) is 86.3 Å². The molecule has 0 heterocycles. The summed E-state index contributed by atoms with van der Waals surface area (Å²) in [5, 5.41) is 20.9. The highest BCUT2D eigenvalue weighted by Crippen LogP contribution is 2.22. The van der Waals surface area contributed by atoms with E-state index in [0.717, 1.165) is 6.07 Å². The van der Waals surface area contributed by atoms with Crippen molar-refractivity contribution in [2.45, 2.75) is 0 Å². The highest BCUT2D eigenvalue weighted by molar-refractivity contribution is 14.1. The first kappa shape index (κ1) is 11.4. The van der Waals surface area contributed by atoms with Gasteiger partial charge in [-0.25, -0.2) is 0 Å². The number of nitrogens with zero attached hydrogens (tertiary/aromatic N) is 2. The van der Waals surface area contributed by atoms with Gasteiger partial charge in [0.15, 0.2) is 0 Å². The molecule has 0 aliphatic heterocycles. The van der Waals surface area contributed by atoms with E-state index in [1.54, 1.807) is 22.6 Å². The minimum atomic E-state index is -0.689. The molecule has 0 radical (unpaired) electrons. The van der Waals surface area contributed by atoms with Crippen LogP contribution in [0.25, 0.3) is 0 Å². The lowest BCUT2D eigenvalue weighted by Gasteiger charge is -1.94. The number of nitro groups is 2. The molecule has 0 aliphatic rings. The van der Waals surface area contributed by atoms with Crippen LogP contribution >= 0.6 is 22.6 Å². The molecule has 6 nitrogen and oxygen atoms in total. The predicted molar refractivity (Wildman–Crippen MR) is 60.6 cm³/mol. The molecular formula is C8H3IN2O4. The van der Waals surface area contributed by atoms with Crippen LogP contribution in [0.3, 0.4) is 0 Å². The molecule has 1 rings (SSSR count). The molecule has 0 spiro atoms. The summed E-state index contributed by atoms with van der Waals surface area (Å²) in [6.45, 7) is 0. The molecule has 7 heteroatoms. The van der Waals surface area contributed by atoms with E-state index in [9.17, 15) is 20.2 Å². The van der Waals surface area contributed by atoms with Crippen molar-refractivity contribution in [3.8, 4) is 9.85 Å². The van der Waals surface area contributed by atoms with Gasteiger partial charge in [0.1, 0.15) is 0 Å². The van der Waals surface area contributed by atoms with Crippen LogP contribution in [0.1, 0.15) is 5.56 Å². The molecule has 15 heavy (non-hydrogen) atoms. The van der Waals surface area contributed by atoms with Gasteiger partial charge in [-0.1, -0.05) is 5.92 Å². The van der Waals surface area contributed by atoms with E-state index in [1.807, 2.05) is 0 Å². The van der Waals surface area contributed by atoms with Crippen molar-refractivity contribution in [2.75, 3.05) is 0 Å². The first-order valence-electron chi connectivity index (χ1n) is 3.60. The third-order valence-corrected chi connectivity index (χ3v) is 1.79. The van der Waals surface area contributed by atoms with Gasteiger partial charge in [-0.2, -0.15) is 0 Å². The molecule has 0 fully saturated rings. The van der Waals surface area contributed by atoms with Gasteiger partial charge in [0, 0.05) is 40.3 Å². The Bertz CT molecular complexity index is 457. The van der Waals surface area contributed by atoms with E-state index in [2.05, 4.69) is 9.85 Å². The van der Waals surface area contributed by atoms with E-state index in [1.165, 1.54) is 12.1 Å². The first-order valence-corrected chi connectivity index (χ1v) is 4.68. The summed E-state index contributed by atoms with van der Waals surface area (Å²) in [6.07, 6.45) is 0. The molecule has 76 valence electrons. The van der Waals surface area contributed by atoms with Gasteiger partial charge in [-0.15, -0.1) is 0 Å². The zero-order valence-electron chi connectivity index (χ0n) is 7.14. The van der Waals surface area contributed by atoms with E-state index >= 15 is 0 Å². The van der Waals surface area contributed by atoms with Gasteiger partial charge in [0.25, 0.3) is 11.4 Å². The fourth-order valence-corrected chi connectivity index (χ4v) is 1.24. The average molecular weight is 318 g/mol. The van der Waals surface area contributed by atoms with Crippen molar-refractivity contribution in [3.63, 3.8) is 0 Å². The van der Waals surface area contributed by atoms with Crippen LogP contribution in [0.15, 0.2) is 18.2 Å². The molecule has 0 amide bonds. The van der Waals surface area contributed by atoms with Gasteiger partial charge in [-0.05, 0) is 3.93 Å². The van der Waals surface area contributed by atoms with Gasteiger partial charge in [0.2, 0.25) is 0 Å². The van der Waals surface area contributed by atoms with Gasteiger partial charge >= 0.3 is 0 Å². The van der Waals surface area contributed by atoms with Crippen LogP contribution in [0.4, 0.5) is 11.4 Å².